The lowest BCUT2D eigenvalue weighted by atomic mass is 9.79. The largest absolute Gasteiger partial charge is 0.337 e. The van der Waals surface area contributed by atoms with Crippen molar-refractivity contribution in [2.75, 3.05) is 13.1 Å². The van der Waals surface area contributed by atoms with E-state index in [1.807, 2.05) is 12.1 Å². The van der Waals surface area contributed by atoms with Crippen molar-refractivity contribution in [1.29, 1.82) is 0 Å². The van der Waals surface area contributed by atoms with Gasteiger partial charge in [0.1, 0.15) is 0 Å². The van der Waals surface area contributed by atoms with E-state index in [1.54, 1.807) is 12.4 Å². The first-order valence-electron chi connectivity index (χ1n) is 7.71. The van der Waals surface area contributed by atoms with Crippen LogP contribution in [0.2, 0.25) is 0 Å². The molecule has 1 aliphatic heterocycles. The van der Waals surface area contributed by atoms with Gasteiger partial charge in [-0.15, -0.1) is 24.8 Å². The summed E-state index contributed by atoms with van der Waals surface area (Å²) in [4.78, 5) is 11.0. The fourth-order valence-corrected chi connectivity index (χ4v) is 2.92. The third kappa shape index (κ3) is 4.25. The maximum atomic E-state index is 6.21. The first-order chi connectivity index (χ1) is 10.5. The van der Waals surface area contributed by atoms with E-state index < -0.39 is 0 Å². The van der Waals surface area contributed by atoms with E-state index in [0.717, 1.165) is 25.1 Å². The van der Waals surface area contributed by atoms with E-state index in [1.165, 1.54) is 0 Å². The topological polar surface area (TPSA) is 81.1 Å². The Kier molecular flexibility index (Phi) is 7.16. The third-order valence-electron chi connectivity index (χ3n) is 4.61. The minimum atomic E-state index is 0. The SMILES string of the molecule is CC(c1nc(-c2cccnc2)no1)N1CCC(N)C(C)(C)C1.Cl.Cl. The summed E-state index contributed by atoms with van der Waals surface area (Å²) in [7, 11) is 0. The standard InChI is InChI=1S/C16H23N5O.2ClH/c1-11(21-8-6-13(17)16(2,3)10-21)15-19-14(20-22-15)12-5-4-7-18-9-12;;/h4-5,7,9,11,13H,6,8,10,17H2,1-3H3;2*1H. The molecule has 2 atom stereocenters. The van der Waals surface area contributed by atoms with Crippen LogP contribution in [0, 0.1) is 5.41 Å². The number of pyridine rings is 1. The number of piperidine rings is 1. The number of nitrogens with zero attached hydrogens (tertiary/aromatic N) is 4. The summed E-state index contributed by atoms with van der Waals surface area (Å²) < 4.78 is 5.47. The molecule has 0 radical (unpaired) electrons. The molecule has 1 aliphatic rings. The Bertz CT molecular complexity index is 634. The highest BCUT2D eigenvalue weighted by Gasteiger charge is 2.36. The van der Waals surface area contributed by atoms with Gasteiger partial charge in [-0.1, -0.05) is 19.0 Å². The van der Waals surface area contributed by atoms with Crippen molar-refractivity contribution in [2.24, 2.45) is 11.1 Å². The monoisotopic (exact) mass is 373 g/mol. The van der Waals surface area contributed by atoms with Crippen molar-refractivity contribution in [1.82, 2.24) is 20.0 Å². The maximum Gasteiger partial charge on any atom is 0.244 e. The van der Waals surface area contributed by atoms with Gasteiger partial charge in [0.15, 0.2) is 0 Å². The second kappa shape index (κ2) is 8.25. The van der Waals surface area contributed by atoms with Crippen LogP contribution in [0.25, 0.3) is 11.4 Å². The molecule has 3 heterocycles. The van der Waals surface area contributed by atoms with E-state index in [-0.39, 0.29) is 42.3 Å². The van der Waals surface area contributed by atoms with E-state index in [4.69, 9.17) is 10.3 Å². The molecular formula is C16H25Cl2N5O. The number of aromatic nitrogens is 3. The Balaban J connectivity index is 0.00000144. The van der Waals surface area contributed by atoms with Crippen molar-refractivity contribution in [3.05, 3.63) is 30.4 Å². The summed E-state index contributed by atoms with van der Waals surface area (Å²) in [6, 6.07) is 4.12. The molecule has 2 aromatic heterocycles. The van der Waals surface area contributed by atoms with Gasteiger partial charge in [-0.05, 0) is 30.9 Å². The zero-order valence-corrected chi connectivity index (χ0v) is 15.8. The van der Waals surface area contributed by atoms with Gasteiger partial charge in [-0.25, -0.2) is 0 Å². The molecule has 24 heavy (non-hydrogen) atoms. The first-order valence-corrected chi connectivity index (χ1v) is 7.71. The number of hydrogen-bond donors (Lipinski definition) is 1. The number of halogens is 2. The molecule has 1 saturated heterocycles. The van der Waals surface area contributed by atoms with E-state index in [2.05, 4.69) is 40.8 Å². The number of hydrogen-bond acceptors (Lipinski definition) is 6. The highest BCUT2D eigenvalue weighted by molar-refractivity contribution is 5.85. The molecule has 6 nitrogen and oxygen atoms in total. The second-order valence-electron chi connectivity index (χ2n) is 6.73. The molecule has 1 fully saturated rings. The fourth-order valence-electron chi connectivity index (χ4n) is 2.92. The summed E-state index contributed by atoms with van der Waals surface area (Å²) >= 11 is 0. The fraction of sp³-hybridized carbons (Fsp3) is 0.562. The van der Waals surface area contributed by atoms with Crippen molar-refractivity contribution in [3.63, 3.8) is 0 Å². The molecule has 2 N–H and O–H groups in total. The Morgan fingerprint density at radius 1 is 1.38 bits per heavy atom. The minimum Gasteiger partial charge on any atom is -0.337 e. The van der Waals surface area contributed by atoms with Gasteiger partial charge in [0.2, 0.25) is 11.7 Å². The molecule has 0 aromatic carbocycles. The molecule has 0 spiro atoms. The number of rotatable bonds is 3. The Labute approximate surface area is 155 Å². The van der Waals surface area contributed by atoms with E-state index in [9.17, 15) is 0 Å². The Morgan fingerprint density at radius 2 is 2.12 bits per heavy atom. The van der Waals surface area contributed by atoms with Gasteiger partial charge in [-0.3, -0.25) is 9.88 Å². The van der Waals surface area contributed by atoms with E-state index in [0.29, 0.717) is 11.7 Å². The predicted molar refractivity (Wildman–Crippen MR) is 98.4 cm³/mol. The lowest BCUT2D eigenvalue weighted by Gasteiger charge is -2.44. The highest BCUT2D eigenvalue weighted by Crippen LogP contribution is 2.32. The van der Waals surface area contributed by atoms with Crippen LogP contribution in [0.15, 0.2) is 29.0 Å². The van der Waals surface area contributed by atoms with Crippen LogP contribution in [-0.4, -0.2) is 39.2 Å². The summed E-state index contributed by atoms with van der Waals surface area (Å²) in [5.41, 5.74) is 7.17. The van der Waals surface area contributed by atoms with Crippen LogP contribution in [0.4, 0.5) is 0 Å². The van der Waals surface area contributed by atoms with Crippen LogP contribution in [0.1, 0.15) is 39.1 Å². The van der Waals surface area contributed by atoms with Crippen LogP contribution in [0.5, 0.6) is 0 Å². The lowest BCUT2D eigenvalue weighted by molar-refractivity contribution is 0.0549. The van der Waals surface area contributed by atoms with Gasteiger partial charge in [0.05, 0.1) is 6.04 Å². The molecule has 0 aliphatic carbocycles. The van der Waals surface area contributed by atoms with Crippen molar-refractivity contribution in [3.8, 4) is 11.4 Å². The smallest absolute Gasteiger partial charge is 0.244 e. The molecule has 2 aromatic rings. The third-order valence-corrected chi connectivity index (χ3v) is 4.61. The molecule has 8 heteroatoms. The van der Waals surface area contributed by atoms with Gasteiger partial charge in [0.25, 0.3) is 0 Å². The van der Waals surface area contributed by atoms with E-state index >= 15 is 0 Å². The molecule has 0 saturated carbocycles. The predicted octanol–water partition coefficient (Wildman–Crippen LogP) is 3.10. The lowest BCUT2D eigenvalue weighted by Crippen LogP contribution is -2.52. The van der Waals surface area contributed by atoms with Crippen LogP contribution < -0.4 is 5.73 Å². The molecular weight excluding hydrogens is 349 g/mol. The zero-order valence-electron chi connectivity index (χ0n) is 14.2. The second-order valence-corrected chi connectivity index (χ2v) is 6.73. The van der Waals surface area contributed by atoms with Crippen molar-refractivity contribution in [2.45, 2.75) is 39.3 Å². The summed E-state index contributed by atoms with van der Waals surface area (Å²) in [6.07, 6.45) is 4.45. The molecule has 0 bridgehead atoms. The van der Waals surface area contributed by atoms with Gasteiger partial charge >= 0.3 is 0 Å². The van der Waals surface area contributed by atoms with Gasteiger partial charge < -0.3 is 10.3 Å². The van der Waals surface area contributed by atoms with Gasteiger partial charge in [0, 0.05) is 37.1 Å². The Hall–Kier alpha value is -1.21. The normalized spacial score (nSPS) is 21.4. The van der Waals surface area contributed by atoms with Crippen LogP contribution >= 0.6 is 24.8 Å². The first kappa shape index (κ1) is 20.8. The highest BCUT2D eigenvalue weighted by atomic mass is 35.5. The number of nitrogens with two attached hydrogens (primary N) is 1. The van der Waals surface area contributed by atoms with Crippen molar-refractivity contribution < 1.29 is 4.52 Å². The van der Waals surface area contributed by atoms with Crippen LogP contribution in [0.3, 0.4) is 0 Å². The molecule has 134 valence electrons. The number of likely N-dealkylation sites (tertiary alicyclic amines) is 1. The molecule has 3 rings (SSSR count). The molecule has 2 unspecified atom stereocenters. The quantitative estimate of drug-likeness (QED) is 0.889. The van der Waals surface area contributed by atoms with Gasteiger partial charge in [-0.2, -0.15) is 4.98 Å². The average molecular weight is 374 g/mol. The summed E-state index contributed by atoms with van der Waals surface area (Å²) in [5, 5.41) is 4.08. The minimum absolute atomic E-state index is 0. The average Bonchev–Trinajstić information content (AvgIpc) is 3.00. The van der Waals surface area contributed by atoms with Crippen molar-refractivity contribution >= 4 is 24.8 Å². The molecule has 0 amide bonds. The Morgan fingerprint density at radius 3 is 2.75 bits per heavy atom. The summed E-state index contributed by atoms with van der Waals surface area (Å²) in [6.45, 7) is 8.42. The van der Waals surface area contributed by atoms with Crippen LogP contribution in [-0.2, 0) is 0 Å². The summed E-state index contributed by atoms with van der Waals surface area (Å²) in [5.74, 6) is 1.23. The zero-order chi connectivity index (χ0) is 15.7. The maximum absolute atomic E-state index is 6.21.